The maximum Gasteiger partial charge on any atom is 0.0123 e. The van der Waals surface area contributed by atoms with Gasteiger partial charge in [0.15, 0.2) is 0 Å². The van der Waals surface area contributed by atoms with E-state index in [4.69, 9.17) is 0 Å². The number of nitrogens with one attached hydrogen (secondary N) is 1. The average molecular weight is 250 g/mol. The van der Waals surface area contributed by atoms with Crippen LogP contribution in [0.5, 0.6) is 0 Å². The molecule has 2 saturated carbocycles. The zero-order valence-electron chi connectivity index (χ0n) is 12.0. The summed E-state index contributed by atoms with van der Waals surface area (Å²) in [4.78, 5) is 2.82. The predicted molar refractivity (Wildman–Crippen MR) is 76.7 cm³/mol. The van der Waals surface area contributed by atoms with Crippen LogP contribution in [-0.4, -0.2) is 36.6 Å². The van der Waals surface area contributed by atoms with Crippen molar-refractivity contribution < 1.29 is 0 Å². The van der Waals surface area contributed by atoms with Crippen LogP contribution < -0.4 is 5.32 Å². The predicted octanol–water partition coefficient (Wildman–Crippen LogP) is 3.03. The fraction of sp³-hybridized carbons (Fsp3) is 1.00. The fourth-order valence-corrected chi connectivity index (χ4v) is 3.58. The van der Waals surface area contributed by atoms with Gasteiger partial charge in [0, 0.05) is 12.1 Å². The molecule has 0 aromatic heterocycles. The second kappa shape index (κ2) is 5.92. The summed E-state index contributed by atoms with van der Waals surface area (Å²) >= 11 is 0. The molecule has 3 fully saturated rings. The third-order valence-electron chi connectivity index (χ3n) is 5.14. The molecule has 1 aliphatic heterocycles. The zero-order valence-corrected chi connectivity index (χ0v) is 12.0. The van der Waals surface area contributed by atoms with E-state index in [-0.39, 0.29) is 0 Å². The molecular weight excluding hydrogens is 220 g/mol. The van der Waals surface area contributed by atoms with E-state index in [2.05, 4.69) is 17.1 Å². The minimum atomic E-state index is 0.823. The summed E-state index contributed by atoms with van der Waals surface area (Å²) in [5.74, 6) is 2.09. The van der Waals surface area contributed by atoms with Gasteiger partial charge in [-0.1, -0.05) is 13.3 Å². The van der Waals surface area contributed by atoms with Gasteiger partial charge in [0.25, 0.3) is 0 Å². The Morgan fingerprint density at radius 2 is 1.78 bits per heavy atom. The Morgan fingerprint density at radius 3 is 2.33 bits per heavy atom. The Morgan fingerprint density at radius 1 is 1.06 bits per heavy atom. The number of rotatable bonds is 7. The molecule has 0 bridgehead atoms. The molecule has 0 aromatic rings. The first kappa shape index (κ1) is 12.9. The second-order valence-corrected chi connectivity index (χ2v) is 6.86. The molecule has 0 aromatic carbocycles. The number of likely N-dealkylation sites (tertiary alicyclic amines) is 1. The van der Waals surface area contributed by atoms with Crippen molar-refractivity contribution in [3.8, 4) is 0 Å². The zero-order chi connectivity index (χ0) is 12.4. The minimum Gasteiger partial charge on any atom is -0.314 e. The Labute approximate surface area is 113 Å². The van der Waals surface area contributed by atoms with Crippen LogP contribution in [0.15, 0.2) is 0 Å². The Hall–Kier alpha value is -0.0800. The molecule has 1 atom stereocenters. The lowest BCUT2D eigenvalue weighted by Crippen LogP contribution is -2.47. The van der Waals surface area contributed by atoms with Crippen molar-refractivity contribution in [2.24, 2.45) is 11.8 Å². The van der Waals surface area contributed by atoms with Gasteiger partial charge >= 0.3 is 0 Å². The second-order valence-electron chi connectivity index (χ2n) is 6.86. The van der Waals surface area contributed by atoms with Crippen LogP contribution in [0.2, 0.25) is 0 Å². The summed E-state index contributed by atoms with van der Waals surface area (Å²) in [6, 6.07) is 1.75. The lowest BCUT2D eigenvalue weighted by atomic mass is 9.98. The van der Waals surface area contributed by atoms with E-state index in [1.54, 1.807) is 0 Å². The summed E-state index contributed by atoms with van der Waals surface area (Å²) < 4.78 is 0. The molecule has 18 heavy (non-hydrogen) atoms. The Kier molecular flexibility index (Phi) is 4.25. The van der Waals surface area contributed by atoms with E-state index in [0.29, 0.717) is 0 Å². The molecule has 1 heterocycles. The van der Waals surface area contributed by atoms with Gasteiger partial charge in [0.2, 0.25) is 0 Å². The summed E-state index contributed by atoms with van der Waals surface area (Å²) in [5, 5.41) is 3.79. The first-order valence-electron chi connectivity index (χ1n) is 8.34. The van der Waals surface area contributed by atoms with Crippen LogP contribution >= 0.6 is 0 Å². The van der Waals surface area contributed by atoms with E-state index in [0.717, 1.165) is 23.9 Å². The van der Waals surface area contributed by atoms with Crippen LogP contribution in [0.25, 0.3) is 0 Å². The standard InChI is InChI=1S/C16H30N2/c1-2-3-16(14-6-7-14)18-10-8-15(9-11-18)17-12-13-4-5-13/h13-17H,2-12H2,1H3. The third kappa shape index (κ3) is 3.48. The largest absolute Gasteiger partial charge is 0.314 e. The maximum atomic E-state index is 3.79. The van der Waals surface area contributed by atoms with Gasteiger partial charge in [0.05, 0.1) is 0 Å². The first-order chi connectivity index (χ1) is 8.86. The molecule has 2 nitrogen and oxygen atoms in total. The van der Waals surface area contributed by atoms with Crippen molar-refractivity contribution in [3.05, 3.63) is 0 Å². The summed E-state index contributed by atoms with van der Waals surface area (Å²) in [6.45, 7) is 6.35. The highest BCUT2D eigenvalue weighted by Gasteiger charge is 2.36. The molecule has 1 N–H and O–H groups in total. The maximum absolute atomic E-state index is 3.79. The van der Waals surface area contributed by atoms with E-state index < -0.39 is 0 Å². The topological polar surface area (TPSA) is 15.3 Å². The molecule has 2 aliphatic carbocycles. The number of hydrogen-bond acceptors (Lipinski definition) is 2. The lowest BCUT2D eigenvalue weighted by molar-refractivity contribution is 0.121. The normalized spacial score (nSPS) is 28.5. The monoisotopic (exact) mass is 250 g/mol. The van der Waals surface area contributed by atoms with Gasteiger partial charge in [-0.05, 0) is 76.4 Å². The van der Waals surface area contributed by atoms with Gasteiger partial charge in [0.1, 0.15) is 0 Å². The average Bonchev–Trinajstić information content (AvgIpc) is 3.28. The van der Waals surface area contributed by atoms with Crippen LogP contribution in [-0.2, 0) is 0 Å². The van der Waals surface area contributed by atoms with Crippen molar-refractivity contribution in [2.75, 3.05) is 19.6 Å². The Balaban J connectivity index is 1.40. The van der Waals surface area contributed by atoms with Crippen molar-refractivity contribution in [2.45, 2.75) is 70.4 Å². The van der Waals surface area contributed by atoms with Crippen LogP contribution in [0.1, 0.15) is 58.3 Å². The first-order valence-corrected chi connectivity index (χ1v) is 8.34. The molecule has 0 spiro atoms. The van der Waals surface area contributed by atoms with E-state index in [9.17, 15) is 0 Å². The van der Waals surface area contributed by atoms with Crippen molar-refractivity contribution in [1.29, 1.82) is 0 Å². The molecular formula is C16H30N2. The quantitative estimate of drug-likeness (QED) is 0.747. The molecule has 0 radical (unpaired) electrons. The Bertz CT molecular complexity index is 250. The highest BCUT2D eigenvalue weighted by atomic mass is 15.2. The summed E-state index contributed by atoms with van der Waals surface area (Å²) in [7, 11) is 0. The van der Waals surface area contributed by atoms with Crippen molar-refractivity contribution in [1.82, 2.24) is 10.2 Å². The van der Waals surface area contributed by atoms with Gasteiger partial charge in [-0.25, -0.2) is 0 Å². The van der Waals surface area contributed by atoms with Gasteiger partial charge in [-0.15, -0.1) is 0 Å². The van der Waals surface area contributed by atoms with Crippen molar-refractivity contribution in [3.63, 3.8) is 0 Å². The van der Waals surface area contributed by atoms with Crippen LogP contribution in [0.4, 0.5) is 0 Å². The molecule has 2 heteroatoms. The fourth-order valence-electron chi connectivity index (χ4n) is 3.58. The van der Waals surface area contributed by atoms with E-state index in [1.807, 2.05) is 0 Å². The number of piperidine rings is 1. The third-order valence-corrected chi connectivity index (χ3v) is 5.14. The van der Waals surface area contributed by atoms with Gasteiger partial charge < -0.3 is 5.32 Å². The molecule has 1 unspecified atom stereocenters. The number of hydrogen-bond donors (Lipinski definition) is 1. The van der Waals surface area contributed by atoms with Crippen LogP contribution in [0.3, 0.4) is 0 Å². The molecule has 3 aliphatic rings. The van der Waals surface area contributed by atoms with Crippen molar-refractivity contribution >= 4 is 0 Å². The van der Waals surface area contributed by atoms with Gasteiger partial charge in [-0.3, -0.25) is 4.90 Å². The molecule has 1 saturated heterocycles. The molecule has 104 valence electrons. The number of nitrogens with zero attached hydrogens (tertiary/aromatic N) is 1. The smallest absolute Gasteiger partial charge is 0.0123 e. The summed E-state index contributed by atoms with van der Waals surface area (Å²) in [5.41, 5.74) is 0. The summed E-state index contributed by atoms with van der Waals surface area (Å²) in [6.07, 6.45) is 11.5. The minimum absolute atomic E-state index is 0.823. The van der Waals surface area contributed by atoms with E-state index >= 15 is 0 Å². The van der Waals surface area contributed by atoms with Crippen LogP contribution in [0, 0.1) is 11.8 Å². The molecule has 0 amide bonds. The SMILES string of the molecule is CCCC(C1CC1)N1CCC(NCC2CC2)CC1. The van der Waals surface area contributed by atoms with E-state index in [1.165, 1.54) is 71.0 Å². The molecule has 3 rings (SSSR count). The highest BCUT2D eigenvalue weighted by molar-refractivity contribution is 4.91. The lowest BCUT2D eigenvalue weighted by Gasteiger charge is -2.38. The van der Waals surface area contributed by atoms with Gasteiger partial charge in [-0.2, -0.15) is 0 Å². The highest BCUT2D eigenvalue weighted by Crippen LogP contribution is 2.38.